The van der Waals surface area contributed by atoms with Gasteiger partial charge in [-0.15, -0.1) is 0 Å². The van der Waals surface area contributed by atoms with Crippen molar-refractivity contribution in [3.8, 4) is 0 Å². The molecule has 3 N–H and O–H groups in total. The number of hydrogen-bond acceptors (Lipinski definition) is 3. The maximum atomic E-state index is 10.9. The molecule has 0 saturated heterocycles. The Hall–Kier alpha value is -1.58. The van der Waals surface area contributed by atoms with Crippen molar-refractivity contribution in [2.75, 3.05) is 5.32 Å². The van der Waals surface area contributed by atoms with Gasteiger partial charge in [-0.2, -0.15) is 0 Å². The summed E-state index contributed by atoms with van der Waals surface area (Å²) < 4.78 is 0. The van der Waals surface area contributed by atoms with E-state index in [4.69, 9.17) is 5.73 Å². The zero-order chi connectivity index (χ0) is 9.26. The molecule has 1 aliphatic rings. The van der Waals surface area contributed by atoms with Crippen molar-refractivity contribution in [3.05, 3.63) is 24.0 Å². The van der Waals surface area contributed by atoms with Crippen LogP contribution in [0.1, 0.15) is 12.0 Å². The standard InChI is InChI=1S/C9H11N3O/c10-9(13)8-2-1-6-5-11-4-3-7(6)12-8/h3-5,8,12H,1-2H2,(H2,10,13). The molecule has 2 heterocycles. The van der Waals surface area contributed by atoms with Gasteiger partial charge in [-0.3, -0.25) is 9.78 Å². The molecule has 0 aliphatic carbocycles. The minimum atomic E-state index is -0.289. The summed E-state index contributed by atoms with van der Waals surface area (Å²) in [5.74, 6) is -0.289. The number of hydrogen-bond donors (Lipinski definition) is 2. The van der Waals surface area contributed by atoms with Crippen molar-refractivity contribution in [2.45, 2.75) is 18.9 Å². The van der Waals surface area contributed by atoms with E-state index in [-0.39, 0.29) is 11.9 Å². The largest absolute Gasteiger partial charge is 0.373 e. The van der Waals surface area contributed by atoms with Crippen molar-refractivity contribution >= 4 is 11.6 Å². The molecule has 4 heteroatoms. The van der Waals surface area contributed by atoms with E-state index in [0.29, 0.717) is 0 Å². The van der Waals surface area contributed by atoms with Crippen LogP contribution in [0.2, 0.25) is 0 Å². The van der Waals surface area contributed by atoms with E-state index in [1.807, 2.05) is 12.3 Å². The lowest BCUT2D eigenvalue weighted by Gasteiger charge is -2.23. The van der Waals surface area contributed by atoms with Crippen LogP contribution in [0.3, 0.4) is 0 Å². The Morgan fingerprint density at radius 2 is 2.54 bits per heavy atom. The fraction of sp³-hybridized carbons (Fsp3) is 0.333. The number of rotatable bonds is 1. The van der Waals surface area contributed by atoms with Gasteiger partial charge in [0.1, 0.15) is 6.04 Å². The number of aromatic nitrogens is 1. The fourth-order valence-electron chi connectivity index (χ4n) is 1.54. The highest BCUT2D eigenvalue weighted by Crippen LogP contribution is 2.22. The summed E-state index contributed by atoms with van der Waals surface area (Å²) in [7, 11) is 0. The smallest absolute Gasteiger partial charge is 0.239 e. The molecule has 1 atom stereocenters. The highest BCUT2D eigenvalue weighted by molar-refractivity contribution is 5.83. The third kappa shape index (κ3) is 1.47. The Kier molecular flexibility index (Phi) is 1.88. The number of fused-ring (bicyclic) bond motifs is 1. The first-order valence-electron chi connectivity index (χ1n) is 4.26. The second-order valence-electron chi connectivity index (χ2n) is 3.17. The van der Waals surface area contributed by atoms with E-state index in [1.54, 1.807) is 6.20 Å². The van der Waals surface area contributed by atoms with Gasteiger partial charge in [0, 0.05) is 18.1 Å². The SMILES string of the molecule is NC(=O)C1CCc2cnccc2N1. The molecule has 0 saturated carbocycles. The van der Waals surface area contributed by atoms with Gasteiger partial charge in [0.05, 0.1) is 0 Å². The Morgan fingerprint density at radius 3 is 3.31 bits per heavy atom. The third-order valence-corrected chi connectivity index (χ3v) is 2.28. The molecule has 1 aliphatic heterocycles. The highest BCUT2D eigenvalue weighted by atomic mass is 16.1. The van der Waals surface area contributed by atoms with Crippen LogP contribution < -0.4 is 11.1 Å². The molecule has 4 nitrogen and oxygen atoms in total. The normalized spacial score (nSPS) is 20.2. The Labute approximate surface area is 76.2 Å². The fourth-order valence-corrected chi connectivity index (χ4v) is 1.54. The number of pyridine rings is 1. The summed E-state index contributed by atoms with van der Waals surface area (Å²) in [6.45, 7) is 0. The predicted octanol–water partition coefficient (Wildman–Crippen LogP) is 0.294. The second-order valence-corrected chi connectivity index (χ2v) is 3.17. The van der Waals surface area contributed by atoms with Crippen molar-refractivity contribution in [3.63, 3.8) is 0 Å². The van der Waals surface area contributed by atoms with Gasteiger partial charge in [0.2, 0.25) is 5.91 Å². The van der Waals surface area contributed by atoms with E-state index in [9.17, 15) is 4.79 Å². The van der Waals surface area contributed by atoms with Crippen LogP contribution >= 0.6 is 0 Å². The second kappa shape index (κ2) is 3.05. The van der Waals surface area contributed by atoms with Crippen LogP contribution in [0.5, 0.6) is 0 Å². The molecule has 13 heavy (non-hydrogen) atoms. The predicted molar refractivity (Wildman–Crippen MR) is 49.2 cm³/mol. The molecule has 0 bridgehead atoms. The monoisotopic (exact) mass is 177 g/mol. The van der Waals surface area contributed by atoms with Crippen LogP contribution in [-0.4, -0.2) is 16.9 Å². The Morgan fingerprint density at radius 1 is 1.69 bits per heavy atom. The topological polar surface area (TPSA) is 68.0 Å². The van der Waals surface area contributed by atoms with Crippen LogP contribution in [0, 0.1) is 0 Å². The summed E-state index contributed by atoms with van der Waals surface area (Å²) in [6, 6.07) is 1.64. The molecular formula is C9H11N3O. The van der Waals surface area contributed by atoms with Gasteiger partial charge < -0.3 is 11.1 Å². The van der Waals surface area contributed by atoms with Crippen molar-refractivity contribution in [1.82, 2.24) is 4.98 Å². The van der Waals surface area contributed by atoms with Gasteiger partial charge in [-0.05, 0) is 24.5 Å². The van der Waals surface area contributed by atoms with Gasteiger partial charge in [-0.25, -0.2) is 0 Å². The number of nitrogens with zero attached hydrogens (tertiary/aromatic N) is 1. The molecule has 0 fully saturated rings. The average Bonchev–Trinajstić information content (AvgIpc) is 2.17. The van der Waals surface area contributed by atoms with Crippen LogP contribution in [0.25, 0.3) is 0 Å². The number of aryl methyl sites for hydroxylation is 1. The molecule has 0 aromatic carbocycles. The van der Waals surface area contributed by atoms with E-state index < -0.39 is 0 Å². The summed E-state index contributed by atoms with van der Waals surface area (Å²) in [5, 5.41) is 3.08. The number of anilines is 1. The molecular weight excluding hydrogens is 166 g/mol. The van der Waals surface area contributed by atoms with Crippen LogP contribution in [0.15, 0.2) is 18.5 Å². The molecule has 0 radical (unpaired) electrons. The highest BCUT2D eigenvalue weighted by Gasteiger charge is 2.21. The molecule has 1 aromatic rings. The van der Waals surface area contributed by atoms with Crippen LogP contribution in [0.4, 0.5) is 5.69 Å². The van der Waals surface area contributed by atoms with Gasteiger partial charge >= 0.3 is 0 Å². The Bertz CT molecular complexity index is 337. The maximum absolute atomic E-state index is 10.9. The minimum absolute atomic E-state index is 0.227. The quantitative estimate of drug-likeness (QED) is 0.648. The number of primary amides is 1. The van der Waals surface area contributed by atoms with Crippen LogP contribution in [-0.2, 0) is 11.2 Å². The molecule has 1 unspecified atom stereocenters. The summed E-state index contributed by atoms with van der Waals surface area (Å²) in [5.41, 5.74) is 7.34. The Balaban J connectivity index is 2.24. The van der Waals surface area contributed by atoms with E-state index in [2.05, 4.69) is 10.3 Å². The minimum Gasteiger partial charge on any atom is -0.373 e. The lowest BCUT2D eigenvalue weighted by Crippen LogP contribution is -2.38. The number of nitrogens with one attached hydrogen (secondary N) is 1. The number of amides is 1. The first-order chi connectivity index (χ1) is 6.27. The van der Waals surface area contributed by atoms with Gasteiger partial charge in [-0.1, -0.05) is 0 Å². The average molecular weight is 177 g/mol. The molecule has 0 spiro atoms. The molecule has 68 valence electrons. The van der Waals surface area contributed by atoms with E-state index in [1.165, 1.54) is 0 Å². The summed E-state index contributed by atoms with van der Waals surface area (Å²) in [6.07, 6.45) is 5.15. The number of carbonyl (C=O) groups is 1. The third-order valence-electron chi connectivity index (χ3n) is 2.28. The first-order valence-corrected chi connectivity index (χ1v) is 4.26. The maximum Gasteiger partial charge on any atom is 0.239 e. The summed E-state index contributed by atoms with van der Waals surface area (Å²) >= 11 is 0. The number of nitrogens with two attached hydrogens (primary N) is 1. The number of carbonyl (C=O) groups excluding carboxylic acids is 1. The van der Waals surface area contributed by atoms with Crippen molar-refractivity contribution in [1.29, 1.82) is 0 Å². The molecule has 2 rings (SSSR count). The lowest BCUT2D eigenvalue weighted by atomic mass is 10.00. The zero-order valence-corrected chi connectivity index (χ0v) is 7.16. The molecule has 1 amide bonds. The van der Waals surface area contributed by atoms with Gasteiger partial charge in [0.25, 0.3) is 0 Å². The lowest BCUT2D eigenvalue weighted by molar-refractivity contribution is -0.118. The van der Waals surface area contributed by atoms with E-state index >= 15 is 0 Å². The van der Waals surface area contributed by atoms with Crippen molar-refractivity contribution in [2.24, 2.45) is 5.73 Å². The summed E-state index contributed by atoms with van der Waals surface area (Å²) in [4.78, 5) is 14.9. The van der Waals surface area contributed by atoms with Crippen molar-refractivity contribution < 1.29 is 4.79 Å². The van der Waals surface area contributed by atoms with Gasteiger partial charge in [0.15, 0.2) is 0 Å². The molecule has 1 aromatic heterocycles. The first kappa shape index (κ1) is 8.04. The van der Waals surface area contributed by atoms with E-state index in [0.717, 1.165) is 24.1 Å². The zero-order valence-electron chi connectivity index (χ0n) is 7.16.